The molecule has 0 unspecified atom stereocenters. The second-order valence-electron chi connectivity index (χ2n) is 4.25. The lowest BCUT2D eigenvalue weighted by atomic mass is 10.1. The number of rotatable bonds is 4. The first-order chi connectivity index (χ1) is 7.05. The molecule has 5 nitrogen and oxygen atoms in total. The number of hydrogen-bond acceptors (Lipinski definition) is 4. The van der Waals surface area contributed by atoms with Crippen LogP contribution in [-0.4, -0.2) is 55.9 Å². The summed E-state index contributed by atoms with van der Waals surface area (Å²) in [7, 11) is 0. The first kappa shape index (κ1) is 12.4. The average Bonchev–Trinajstić information content (AvgIpc) is 2.27. The number of carbonyl (C=O) groups excluding carboxylic acids is 1. The van der Waals surface area contributed by atoms with Crippen molar-refractivity contribution in [3.8, 4) is 0 Å². The molecule has 0 bridgehead atoms. The molecule has 88 valence electrons. The van der Waals surface area contributed by atoms with Gasteiger partial charge in [-0.2, -0.15) is 0 Å². The van der Waals surface area contributed by atoms with Gasteiger partial charge in [0.1, 0.15) is 6.61 Å². The maximum Gasteiger partial charge on any atom is 0.248 e. The van der Waals surface area contributed by atoms with Gasteiger partial charge in [0, 0.05) is 19.6 Å². The summed E-state index contributed by atoms with van der Waals surface area (Å²) in [5.41, 5.74) is 5.07. The summed E-state index contributed by atoms with van der Waals surface area (Å²) in [4.78, 5) is 13.4. The Labute approximate surface area is 90.5 Å². The Balaban J connectivity index is 2.28. The van der Waals surface area contributed by atoms with Crippen LogP contribution < -0.4 is 5.73 Å². The van der Waals surface area contributed by atoms with Crippen LogP contribution in [0.15, 0.2) is 0 Å². The maximum atomic E-state index is 11.7. The molecule has 0 aromatic rings. The summed E-state index contributed by atoms with van der Waals surface area (Å²) in [6.07, 6.45) is 0. The van der Waals surface area contributed by atoms with Crippen molar-refractivity contribution in [3.63, 3.8) is 0 Å². The zero-order chi connectivity index (χ0) is 11.3. The van der Waals surface area contributed by atoms with Gasteiger partial charge in [-0.15, -0.1) is 0 Å². The van der Waals surface area contributed by atoms with Crippen molar-refractivity contribution in [1.29, 1.82) is 0 Å². The van der Waals surface area contributed by atoms with E-state index < -0.39 is 5.60 Å². The van der Waals surface area contributed by atoms with Gasteiger partial charge in [0.05, 0.1) is 18.8 Å². The fraction of sp³-hybridized carbons (Fsp3) is 0.900. The highest BCUT2D eigenvalue weighted by Crippen LogP contribution is 2.07. The first-order valence-corrected chi connectivity index (χ1v) is 5.25. The van der Waals surface area contributed by atoms with E-state index in [4.69, 9.17) is 15.2 Å². The zero-order valence-electron chi connectivity index (χ0n) is 9.49. The quantitative estimate of drug-likeness (QED) is 0.694. The highest BCUT2D eigenvalue weighted by atomic mass is 16.5. The number of nitrogens with two attached hydrogens (primary N) is 1. The van der Waals surface area contributed by atoms with Gasteiger partial charge >= 0.3 is 0 Å². The topological polar surface area (TPSA) is 64.8 Å². The van der Waals surface area contributed by atoms with Crippen LogP contribution in [0.3, 0.4) is 0 Å². The molecule has 1 aliphatic rings. The molecule has 15 heavy (non-hydrogen) atoms. The zero-order valence-corrected chi connectivity index (χ0v) is 9.49. The number of amides is 1. The summed E-state index contributed by atoms with van der Waals surface area (Å²) < 4.78 is 10.6. The van der Waals surface area contributed by atoms with E-state index in [0.717, 1.165) is 0 Å². The van der Waals surface area contributed by atoms with E-state index in [9.17, 15) is 4.79 Å². The predicted octanol–water partition coefficient (Wildman–Crippen LogP) is -0.401. The van der Waals surface area contributed by atoms with Crippen LogP contribution in [0.4, 0.5) is 0 Å². The van der Waals surface area contributed by atoms with Crippen LogP contribution in [0.1, 0.15) is 13.8 Å². The molecule has 0 spiro atoms. The maximum absolute atomic E-state index is 11.7. The smallest absolute Gasteiger partial charge is 0.248 e. The van der Waals surface area contributed by atoms with E-state index >= 15 is 0 Å². The highest BCUT2D eigenvalue weighted by Gasteiger charge is 2.21. The lowest BCUT2D eigenvalue weighted by Gasteiger charge is -2.29. The number of carbonyl (C=O) groups is 1. The molecular weight excluding hydrogens is 196 g/mol. The van der Waals surface area contributed by atoms with Crippen LogP contribution in [0.2, 0.25) is 0 Å². The summed E-state index contributed by atoms with van der Waals surface area (Å²) in [5, 5.41) is 0. The molecule has 5 heteroatoms. The van der Waals surface area contributed by atoms with Crippen molar-refractivity contribution in [2.75, 3.05) is 39.5 Å². The standard InChI is InChI=1S/C10H20N2O3/c1-10(2,8-11)15-7-9(13)12-3-5-14-6-4-12/h3-8,11H2,1-2H3. The van der Waals surface area contributed by atoms with Gasteiger partial charge < -0.3 is 20.1 Å². The Morgan fingerprint density at radius 2 is 2.07 bits per heavy atom. The van der Waals surface area contributed by atoms with E-state index in [1.807, 2.05) is 13.8 Å². The van der Waals surface area contributed by atoms with Gasteiger partial charge in [0.15, 0.2) is 0 Å². The molecule has 1 aliphatic heterocycles. The molecule has 2 N–H and O–H groups in total. The molecule has 1 rings (SSSR count). The third-order valence-electron chi connectivity index (χ3n) is 2.44. The first-order valence-electron chi connectivity index (χ1n) is 5.25. The third kappa shape index (κ3) is 4.15. The minimum absolute atomic E-state index is 0.0137. The van der Waals surface area contributed by atoms with E-state index in [0.29, 0.717) is 32.8 Å². The van der Waals surface area contributed by atoms with Crippen LogP contribution in [0.5, 0.6) is 0 Å². The molecule has 1 amide bonds. The van der Waals surface area contributed by atoms with Gasteiger partial charge in [0.25, 0.3) is 0 Å². The SMILES string of the molecule is CC(C)(CN)OCC(=O)N1CCOCC1. The Morgan fingerprint density at radius 1 is 1.47 bits per heavy atom. The number of morpholine rings is 1. The van der Waals surface area contributed by atoms with Crippen LogP contribution in [0.25, 0.3) is 0 Å². The molecule has 1 heterocycles. The third-order valence-corrected chi connectivity index (χ3v) is 2.44. The lowest BCUT2D eigenvalue weighted by Crippen LogP contribution is -2.44. The Hall–Kier alpha value is -0.650. The van der Waals surface area contributed by atoms with Crippen molar-refractivity contribution in [2.24, 2.45) is 5.73 Å². The monoisotopic (exact) mass is 216 g/mol. The molecule has 0 saturated carbocycles. The number of hydrogen-bond donors (Lipinski definition) is 1. The molecule has 1 fully saturated rings. The van der Waals surface area contributed by atoms with Crippen LogP contribution in [0, 0.1) is 0 Å². The Bertz CT molecular complexity index is 213. The second-order valence-corrected chi connectivity index (χ2v) is 4.25. The summed E-state index contributed by atoms with van der Waals surface area (Å²) in [5.74, 6) is 0.0137. The minimum atomic E-state index is -0.429. The van der Waals surface area contributed by atoms with Crippen LogP contribution >= 0.6 is 0 Å². The minimum Gasteiger partial charge on any atom is -0.378 e. The van der Waals surface area contributed by atoms with E-state index in [1.165, 1.54) is 0 Å². The van der Waals surface area contributed by atoms with Crippen molar-refractivity contribution in [3.05, 3.63) is 0 Å². The lowest BCUT2D eigenvalue weighted by molar-refractivity contribution is -0.145. The van der Waals surface area contributed by atoms with Crippen molar-refractivity contribution < 1.29 is 14.3 Å². The van der Waals surface area contributed by atoms with Crippen LogP contribution in [-0.2, 0) is 14.3 Å². The van der Waals surface area contributed by atoms with E-state index in [2.05, 4.69) is 0 Å². The van der Waals surface area contributed by atoms with Gasteiger partial charge in [0.2, 0.25) is 5.91 Å². The van der Waals surface area contributed by atoms with Crippen molar-refractivity contribution >= 4 is 5.91 Å². The van der Waals surface area contributed by atoms with Gasteiger partial charge in [-0.05, 0) is 13.8 Å². The number of nitrogens with zero attached hydrogens (tertiary/aromatic N) is 1. The predicted molar refractivity (Wildman–Crippen MR) is 56.5 cm³/mol. The van der Waals surface area contributed by atoms with Gasteiger partial charge in [-0.3, -0.25) is 4.79 Å². The summed E-state index contributed by atoms with van der Waals surface area (Å²) in [6.45, 7) is 6.81. The summed E-state index contributed by atoms with van der Waals surface area (Å²) >= 11 is 0. The van der Waals surface area contributed by atoms with Crippen molar-refractivity contribution in [2.45, 2.75) is 19.4 Å². The van der Waals surface area contributed by atoms with Gasteiger partial charge in [-0.1, -0.05) is 0 Å². The fourth-order valence-electron chi connectivity index (χ4n) is 1.22. The normalized spacial score (nSPS) is 17.9. The van der Waals surface area contributed by atoms with E-state index in [1.54, 1.807) is 4.90 Å². The van der Waals surface area contributed by atoms with Crippen molar-refractivity contribution in [1.82, 2.24) is 4.90 Å². The molecular formula is C10H20N2O3. The molecule has 0 aliphatic carbocycles. The highest BCUT2D eigenvalue weighted by molar-refractivity contribution is 5.77. The largest absolute Gasteiger partial charge is 0.378 e. The Morgan fingerprint density at radius 3 is 2.60 bits per heavy atom. The van der Waals surface area contributed by atoms with E-state index in [-0.39, 0.29) is 12.5 Å². The van der Waals surface area contributed by atoms with Gasteiger partial charge in [-0.25, -0.2) is 0 Å². The Kier molecular flexibility index (Phi) is 4.50. The summed E-state index contributed by atoms with van der Waals surface area (Å²) in [6, 6.07) is 0. The molecule has 0 aromatic heterocycles. The molecule has 0 radical (unpaired) electrons. The molecule has 0 aromatic carbocycles. The fourth-order valence-corrected chi connectivity index (χ4v) is 1.22. The second kappa shape index (κ2) is 5.44. The molecule has 1 saturated heterocycles. The average molecular weight is 216 g/mol. The number of ether oxygens (including phenoxy) is 2. The molecule has 0 atom stereocenters.